The van der Waals surface area contributed by atoms with Crippen LogP contribution in [0.5, 0.6) is 0 Å². The van der Waals surface area contributed by atoms with E-state index in [1.165, 1.54) is 11.3 Å². The van der Waals surface area contributed by atoms with Gasteiger partial charge in [0.1, 0.15) is 0 Å². The van der Waals surface area contributed by atoms with Crippen molar-refractivity contribution in [1.29, 1.82) is 0 Å². The fourth-order valence-corrected chi connectivity index (χ4v) is 1.98. The van der Waals surface area contributed by atoms with Crippen molar-refractivity contribution in [3.8, 4) is 11.1 Å². The van der Waals surface area contributed by atoms with Gasteiger partial charge in [-0.2, -0.15) is 5.10 Å². The van der Waals surface area contributed by atoms with E-state index in [2.05, 4.69) is 31.1 Å². The lowest BCUT2D eigenvalue weighted by Gasteiger charge is -2.06. The van der Waals surface area contributed by atoms with Gasteiger partial charge in [0.2, 0.25) is 0 Å². The van der Waals surface area contributed by atoms with Crippen molar-refractivity contribution in [1.82, 2.24) is 9.78 Å². The zero-order valence-electron chi connectivity index (χ0n) is 10.7. The molecule has 1 aromatic carbocycles. The SMILES string of the molecule is CCCn1ncc(-c2ccc(C)c(N)c2)c1C. The summed E-state index contributed by atoms with van der Waals surface area (Å²) < 4.78 is 2.05. The van der Waals surface area contributed by atoms with Crippen molar-refractivity contribution >= 4 is 5.69 Å². The number of benzene rings is 1. The van der Waals surface area contributed by atoms with E-state index < -0.39 is 0 Å². The molecule has 0 unspecified atom stereocenters. The van der Waals surface area contributed by atoms with Crippen molar-refractivity contribution in [2.24, 2.45) is 0 Å². The van der Waals surface area contributed by atoms with Crippen LogP contribution in [0.15, 0.2) is 24.4 Å². The fraction of sp³-hybridized carbons (Fsp3) is 0.357. The van der Waals surface area contributed by atoms with Gasteiger partial charge in [-0.3, -0.25) is 4.68 Å². The number of aryl methyl sites for hydroxylation is 2. The highest BCUT2D eigenvalue weighted by Crippen LogP contribution is 2.26. The quantitative estimate of drug-likeness (QED) is 0.822. The molecule has 0 saturated heterocycles. The number of hydrogen-bond acceptors (Lipinski definition) is 2. The Morgan fingerprint density at radius 3 is 2.71 bits per heavy atom. The molecule has 0 saturated carbocycles. The Bertz CT molecular complexity index is 526. The fourth-order valence-electron chi connectivity index (χ4n) is 1.98. The molecule has 3 nitrogen and oxygen atoms in total. The molecule has 17 heavy (non-hydrogen) atoms. The summed E-state index contributed by atoms with van der Waals surface area (Å²) in [4.78, 5) is 0. The minimum absolute atomic E-state index is 0.838. The zero-order valence-corrected chi connectivity index (χ0v) is 10.7. The van der Waals surface area contributed by atoms with Crippen LogP contribution in [-0.4, -0.2) is 9.78 Å². The highest BCUT2D eigenvalue weighted by Gasteiger charge is 2.08. The largest absolute Gasteiger partial charge is 0.398 e. The number of nitrogens with zero attached hydrogens (tertiary/aromatic N) is 2. The number of rotatable bonds is 3. The third-order valence-electron chi connectivity index (χ3n) is 3.13. The molecule has 0 atom stereocenters. The van der Waals surface area contributed by atoms with E-state index in [1.807, 2.05) is 23.9 Å². The van der Waals surface area contributed by atoms with Crippen LogP contribution in [0.4, 0.5) is 5.69 Å². The summed E-state index contributed by atoms with van der Waals surface area (Å²) in [5.41, 5.74) is 11.4. The molecule has 0 amide bonds. The molecule has 0 radical (unpaired) electrons. The maximum Gasteiger partial charge on any atom is 0.0571 e. The highest BCUT2D eigenvalue weighted by atomic mass is 15.3. The number of anilines is 1. The van der Waals surface area contributed by atoms with Crippen molar-refractivity contribution < 1.29 is 0 Å². The Kier molecular flexibility index (Phi) is 3.18. The number of nitrogen functional groups attached to an aromatic ring is 1. The molecule has 90 valence electrons. The highest BCUT2D eigenvalue weighted by molar-refractivity contribution is 5.70. The lowest BCUT2D eigenvalue weighted by atomic mass is 10.0. The molecule has 2 rings (SSSR count). The van der Waals surface area contributed by atoms with Crippen LogP contribution in [0.1, 0.15) is 24.6 Å². The van der Waals surface area contributed by atoms with Crippen LogP contribution in [0.25, 0.3) is 11.1 Å². The van der Waals surface area contributed by atoms with Crippen molar-refractivity contribution in [2.75, 3.05) is 5.73 Å². The number of hydrogen-bond donors (Lipinski definition) is 1. The molecule has 2 aromatic rings. The van der Waals surface area contributed by atoms with Gasteiger partial charge < -0.3 is 5.73 Å². The summed E-state index contributed by atoms with van der Waals surface area (Å²) >= 11 is 0. The molecular formula is C14H19N3. The third kappa shape index (κ3) is 2.18. The molecule has 0 aliphatic rings. The Morgan fingerprint density at radius 2 is 2.06 bits per heavy atom. The molecule has 1 aromatic heterocycles. The summed E-state index contributed by atoms with van der Waals surface area (Å²) in [5, 5.41) is 4.41. The summed E-state index contributed by atoms with van der Waals surface area (Å²) in [6.07, 6.45) is 3.02. The molecule has 0 fully saturated rings. The van der Waals surface area contributed by atoms with Gasteiger partial charge in [-0.1, -0.05) is 19.1 Å². The molecule has 3 heteroatoms. The maximum absolute atomic E-state index is 5.95. The Labute approximate surface area is 102 Å². The summed E-state index contributed by atoms with van der Waals surface area (Å²) in [5.74, 6) is 0. The van der Waals surface area contributed by atoms with Gasteiger partial charge in [0.05, 0.1) is 6.20 Å². The van der Waals surface area contributed by atoms with Gasteiger partial charge in [-0.15, -0.1) is 0 Å². The van der Waals surface area contributed by atoms with Crippen molar-refractivity contribution in [3.05, 3.63) is 35.7 Å². The van der Waals surface area contributed by atoms with Gasteiger partial charge in [-0.05, 0) is 37.5 Å². The first-order valence-corrected chi connectivity index (χ1v) is 6.02. The van der Waals surface area contributed by atoms with Gasteiger partial charge in [0.25, 0.3) is 0 Å². The second-order valence-electron chi connectivity index (χ2n) is 4.44. The van der Waals surface area contributed by atoms with Crippen molar-refractivity contribution in [2.45, 2.75) is 33.7 Å². The Balaban J connectivity index is 2.42. The van der Waals surface area contributed by atoms with Gasteiger partial charge >= 0.3 is 0 Å². The monoisotopic (exact) mass is 229 g/mol. The molecular weight excluding hydrogens is 210 g/mol. The Hall–Kier alpha value is -1.77. The normalized spacial score (nSPS) is 10.8. The lowest BCUT2D eigenvalue weighted by molar-refractivity contribution is 0.587. The van der Waals surface area contributed by atoms with E-state index >= 15 is 0 Å². The second-order valence-corrected chi connectivity index (χ2v) is 4.44. The van der Waals surface area contributed by atoms with Crippen LogP contribution >= 0.6 is 0 Å². The predicted molar refractivity (Wildman–Crippen MR) is 71.8 cm³/mol. The van der Waals surface area contributed by atoms with Gasteiger partial charge in [0.15, 0.2) is 0 Å². The van der Waals surface area contributed by atoms with Crippen LogP contribution in [0.3, 0.4) is 0 Å². The third-order valence-corrected chi connectivity index (χ3v) is 3.13. The van der Waals surface area contributed by atoms with E-state index in [-0.39, 0.29) is 0 Å². The van der Waals surface area contributed by atoms with E-state index in [4.69, 9.17) is 5.73 Å². The molecule has 0 aliphatic carbocycles. The standard InChI is InChI=1S/C14H19N3/c1-4-7-17-11(3)13(9-16-17)12-6-5-10(2)14(15)8-12/h5-6,8-9H,4,7,15H2,1-3H3. The molecule has 0 spiro atoms. The first-order chi connectivity index (χ1) is 8.13. The number of aromatic nitrogens is 2. The van der Waals surface area contributed by atoms with E-state index in [0.29, 0.717) is 0 Å². The van der Waals surface area contributed by atoms with Crippen LogP contribution < -0.4 is 5.73 Å². The first-order valence-electron chi connectivity index (χ1n) is 6.02. The predicted octanol–water partition coefficient (Wildman–Crippen LogP) is 3.16. The zero-order chi connectivity index (χ0) is 12.4. The summed E-state index contributed by atoms with van der Waals surface area (Å²) in [6.45, 7) is 7.25. The van der Waals surface area contributed by atoms with Gasteiger partial charge in [0, 0.05) is 23.5 Å². The molecule has 2 N–H and O–H groups in total. The average Bonchev–Trinajstić information content (AvgIpc) is 2.66. The van der Waals surface area contributed by atoms with E-state index in [1.54, 1.807) is 0 Å². The Morgan fingerprint density at radius 1 is 1.29 bits per heavy atom. The molecule has 0 aliphatic heterocycles. The lowest BCUT2D eigenvalue weighted by Crippen LogP contribution is -2.01. The van der Waals surface area contributed by atoms with Crippen molar-refractivity contribution in [3.63, 3.8) is 0 Å². The van der Waals surface area contributed by atoms with E-state index in [9.17, 15) is 0 Å². The van der Waals surface area contributed by atoms with Crippen LogP contribution in [0.2, 0.25) is 0 Å². The minimum Gasteiger partial charge on any atom is -0.398 e. The van der Waals surface area contributed by atoms with Crippen LogP contribution in [-0.2, 0) is 6.54 Å². The smallest absolute Gasteiger partial charge is 0.0571 e. The maximum atomic E-state index is 5.95. The summed E-state index contributed by atoms with van der Waals surface area (Å²) in [7, 11) is 0. The topological polar surface area (TPSA) is 43.8 Å². The number of nitrogens with two attached hydrogens (primary N) is 1. The summed E-state index contributed by atoms with van der Waals surface area (Å²) in [6, 6.07) is 6.18. The average molecular weight is 229 g/mol. The molecule has 0 bridgehead atoms. The van der Waals surface area contributed by atoms with E-state index in [0.717, 1.165) is 29.8 Å². The first kappa shape index (κ1) is 11.7. The second kappa shape index (κ2) is 4.62. The molecule has 1 heterocycles. The minimum atomic E-state index is 0.838. The van der Waals surface area contributed by atoms with Crippen LogP contribution in [0, 0.1) is 13.8 Å². The van der Waals surface area contributed by atoms with Gasteiger partial charge in [-0.25, -0.2) is 0 Å².